The molecule has 1 atom stereocenters. The Hall–Kier alpha value is -1.14. The lowest BCUT2D eigenvalue weighted by Gasteiger charge is -2.19. The zero-order valence-corrected chi connectivity index (χ0v) is 6.67. The fraction of sp³-hybridized carbons (Fsp3) is 0.667. The minimum atomic E-state index is -0.317. The third kappa shape index (κ3) is 2.18. The van der Waals surface area contributed by atoms with Crippen LogP contribution in [0.2, 0.25) is 0 Å². The molecule has 1 heterocycles. The SMILES string of the molecule is NNC(=O)C[C@H]1[NH2+]CCNC1=O. The molecular formula is C6H13N4O2+. The molecule has 1 rings (SSSR count). The number of hydrazine groups is 1. The fourth-order valence-corrected chi connectivity index (χ4v) is 1.15. The molecule has 6 heteroatoms. The molecule has 2 amide bonds. The van der Waals surface area contributed by atoms with Crippen LogP contribution in [0.1, 0.15) is 6.42 Å². The summed E-state index contributed by atoms with van der Waals surface area (Å²) >= 11 is 0. The van der Waals surface area contributed by atoms with Crippen molar-refractivity contribution in [2.24, 2.45) is 5.84 Å². The predicted molar refractivity (Wildman–Crippen MR) is 40.5 cm³/mol. The molecule has 0 spiro atoms. The first-order valence-electron chi connectivity index (χ1n) is 3.84. The molecule has 0 unspecified atom stereocenters. The van der Waals surface area contributed by atoms with Gasteiger partial charge in [-0.25, -0.2) is 5.84 Å². The Kier molecular flexibility index (Phi) is 3.01. The van der Waals surface area contributed by atoms with Crippen molar-refractivity contribution >= 4 is 11.8 Å². The van der Waals surface area contributed by atoms with Crippen molar-refractivity contribution in [3.8, 4) is 0 Å². The zero-order chi connectivity index (χ0) is 8.97. The maximum atomic E-state index is 11.1. The van der Waals surface area contributed by atoms with E-state index in [-0.39, 0.29) is 24.3 Å². The van der Waals surface area contributed by atoms with Crippen LogP contribution in [0.4, 0.5) is 0 Å². The molecule has 1 fully saturated rings. The van der Waals surface area contributed by atoms with Crippen LogP contribution in [0.25, 0.3) is 0 Å². The summed E-state index contributed by atoms with van der Waals surface area (Å²) in [5.74, 6) is 4.49. The first kappa shape index (κ1) is 8.95. The number of hydrogen-bond donors (Lipinski definition) is 4. The van der Waals surface area contributed by atoms with Crippen LogP contribution in [0.15, 0.2) is 0 Å². The van der Waals surface area contributed by atoms with Crippen LogP contribution in [-0.2, 0) is 9.59 Å². The summed E-state index contributed by atoms with van der Waals surface area (Å²) in [4.78, 5) is 21.9. The van der Waals surface area contributed by atoms with E-state index in [1.165, 1.54) is 0 Å². The van der Waals surface area contributed by atoms with Gasteiger partial charge in [-0.3, -0.25) is 15.0 Å². The molecule has 0 bridgehead atoms. The number of rotatable bonds is 2. The largest absolute Gasteiger partial charge is 0.345 e. The Bertz CT molecular complexity index is 194. The fourth-order valence-electron chi connectivity index (χ4n) is 1.15. The predicted octanol–water partition coefficient (Wildman–Crippen LogP) is -3.57. The molecule has 68 valence electrons. The van der Waals surface area contributed by atoms with Crippen LogP contribution in [0.3, 0.4) is 0 Å². The van der Waals surface area contributed by atoms with Gasteiger partial charge < -0.3 is 10.6 Å². The van der Waals surface area contributed by atoms with E-state index in [9.17, 15) is 9.59 Å². The minimum absolute atomic E-state index is 0.0927. The maximum Gasteiger partial charge on any atom is 0.279 e. The molecule has 0 aliphatic carbocycles. The van der Waals surface area contributed by atoms with E-state index in [2.05, 4.69) is 5.32 Å². The molecule has 0 aromatic heterocycles. The average Bonchev–Trinajstić information content (AvgIpc) is 2.09. The van der Waals surface area contributed by atoms with Gasteiger partial charge in [0.25, 0.3) is 5.91 Å². The van der Waals surface area contributed by atoms with Crippen molar-refractivity contribution in [1.82, 2.24) is 10.7 Å². The lowest BCUT2D eigenvalue weighted by Crippen LogP contribution is -2.96. The van der Waals surface area contributed by atoms with E-state index in [1.807, 2.05) is 10.7 Å². The number of piperazine rings is 1. The number of quaternary nitrogens is 1. The Morgan fingerprint density at radius 2 is 2.58 bits per heavy atom. The van der Waals surface area contributed by atoms with Crippen LogP contribution >= 0.6 is 0 Å². The molecule has 6 nitrogen and oxygen atoms in total. The summed E-state index contributed by atoms with van der Waals surface area (Å²) in [5.41, 5.74) is 1.99. The van der Waals surface area contributed by atoms with Gasteiger partial charge in [0, 0.05) is 0 Å². The van der Waals surface area contributed by atoms with E-state index >= 15 is 0 Å². The van der Waals surface area contributed by atoms with Crippen LogP contribution < -0.4 is 21.9 Å². The monoisotopic (exact) mass is 173 g/mol. The van der Waals surface area contributed by atoms with Gasteiger partial charge in [0.1, 0.15) is 0 Å². The van der Waals surface area contributed by atoms with Crippen molar-refractivity contribution in [3.63, 3.8) is 0 Å². The van der Waals surface area contributed by atoms with E-state index in [0.29, 0.717) is 6.54 Å². The number of amides is 2. The van der Waals surface area contributed by atoms with Gasteiger partial charge in [-0.05, 0) is 0 Å². The number of hydrogen-bond acceptors (Lipinski definition) is 3. The van der Waals surface area contributed by atoms with E-state index in [1.54, 1.807) is 0 Å². The van der Waals surface area contributed by atoms with Gasteiger partial charge in [0.2, 0.25) is 5.91 Å². The highest BCUT2D eigenvalue weighted by molar-refractivity contribution is 5.87. The Morgan fingerprint density at radius 1 is 1.83 bits per heavy atom. The van der Waals surface area contributed by atoms with Crippen molar-refractivity contribution in [2.75, 3.05) is 13.1 Å². The Morgan fingerprint density at radius 3 is 3.17 bits per heavy atom. The summed E-state index contributed by atoms with van der Waals surface area (Å²) in [7, 11) is 0. The third-order valence-corrected chi connectivity index (χ3v) is 1.80. The molecular weight excluding hydrogens is 160 g/mol. The summed E-state index contributed by atoms with van der Waals surface area (Å²) < 4.78 is 0. The molecule has 1 saturated heterocycles. The lowest BCUT2D eigenvalue weighted by molar-refractivity contribution is -0.678. The molecule has 6 N–H and O–H groups in total. The Balaban J connectivity index is 2.39. The quantitative estimate of drug-likeness (QED) is 0.197. The van der Waals surface area contributed by atoms with Crippen LogP contribution in [0.5, 0.6) is 0 Å². The topological polar surface area (TPSA) is 101 Å². The third-order valence-electron chi connectivity index (χ3n) is 1.80. The van der Waals surface area contributed by atoms with E-state index in [0.717, 1.165) is 6.54 Å². The van der Waals surface area contributed by atoms with Crippen molar-refractivity contribution < 1.29 is 14.9 Å². The summed E-state index contributed by atoms with van der Waals surface area (Å²) in [6.45, 7) is 1.48. The number of carbonyl (C=O) groups is 2. The molecule has 0 aromatic rings. The first-order chi connectivity index (χ1) is 5.74. The molecule has 1 aliphatic rings. The van der Waals surface area contributed by atoms with E-state index < -0.39 is 0 Å². The average molecular weight is 173 g/mol. The van der Waals surface area contributed by atoms with Crippen LogP contribution in [-0.4, -0.2) is 30.9 Å². The van der Waals surface area contributed by atoms with Gasteiger partial charge in [-0.1, -0.05) is 0 Å². The smallest absolute Gasteiger partial charge is 0.279 e. The molecule has 0 saturated carbocycles. The van der Waals surface area contributed by atoms with Crippen molar-refractivity contribution in [2.45, 2.75) is 12.5 Å². The second kappa shape index (κ2) is 4.03. The van der Waals surface area contributed by atoms with Crippen molar-refractivity contribution in [3.05, 3.63) is 0 Å². The molecule has 12 heavy (non-hydrogen) atoms. The first-order valence-corrected chi connectivity index (χ1v) is 3.84. The maximum absolute atomic E-state index is 11.1. The van der Waals surface area contributed by atoms with Crippen molar-refractivity contribution in [1.29, 1.82) is 0 Å². The summed E-state index contributed by atoms with van der Waals surface area (Å²) in [6, 6.07) is -0.317. The highest BCUT2D eigenvalue weighted by atomic mass is 16.2. The molecule has 0 aromatic carbocycles. The number of carbonyl (C=O) groups excluding carboxylic acids is 2. The molecule has 1 aliphatic heterocycles. The summed E-state index contributed by atoms with van der Waals surface area (Å²) in [6.07, 6.45) is 0.141. The zero-order valence-electron chi connectivity index (χ0n) is 6.67. The van der Waals surface area contributed by atoms with Crippen LogP contribution in [0, 0.1) is 0 Å². The second-order valence-corrected chi connectivity index (χ2v) is 2.69. The van der Waals surface area contributed by atoms with E-state index in [4.69, 9.17) is 5.84 Å². The summed E-state index contributed by atoms with van der Waals surface area (Å²) in [5, 5.41) is 4.51. The van der Waals surface area contributed by atoms with Gasteiger partial charge in [0.05, 0.1) is 19.5 Å². The molecule has 0 radical (unpaired) electrons. The second-order valence-electron chi connectivity index (χ2n) is 2.69. The van der Waals surface area contributed by atoms with Gasteiger partial charge in [0.15, 0.2) is 6.04 Å². The standard InChI is InChI=1S/C6H12N4O2/c7-10-5(11)3-4-6(12)9-2-1-8-4/h4,8H,1-3,7H2,(H,9,12)(H,10,11)/p+1/t4-/m1/s1. The van der Waals surface area contributed by atoms with Gasteiger partial charge >= 0.3 is 0 Å². The highest BCUT2D eigenvalue weighted by Crippen LogP contribution is 1.88. The van der Waals surface area contributed by atoms with Gasteiger partial charge in [-0.15, -0.1) is 0 Å². The Labute approximate surface area is 69.8 Å². The normalized spacial score (nSPS) is 23.1. The minimum Gasteiger partial charge on any atom is -0.345 e. The van der Waals surface area contributed by atoms with Gasteiger partial charge in [-0.2, -0.15) is 0 Å². The number of nitrogens with two attached hydrogens (primary N) is 2. The number of nitrogens with one attached hydrogen (secondary N) is 2. The lowest BCUT2D eigenvalue weighted by atomic mass is 10.1. The highest BCUT2D eigenvalue weighted by Gasteiger charge is 2.27.